The topological polar surface area (TPSA) is 96.9 Å². The van der Waals surface area contributed by atoms with Gasteiger partial charge in [-0.05, 0) is 87.8 Å². The first kappa shape index (κ1) is 27.5. The van der Waals surface area contributed by atoms with E-state index in [2.05, 4.69) is 27.4 Å². The zero-order valence-electron chi connectivity index (χ0n) is 23.6. The summed E-state index contributed by atoms with van der Waals surface area (Å²) in [5.74, 6) is 1.09. The number of likely N-dealkylation sites (N-methyl/N-ethyl adjacent to an activating group) is 1. The molecule has 1 aliphatic rings. The molecule has 210 valence electrons. The second kappa shape index (κ2) is 11.6. The van der Waals surface area contributed by atoms with Crippen LogP contribution in [-0.4, -0.2) is 55.6 Å². The lowest BCUT2D eigenvalue weighted by atomic mass is 10.1. The normalized spacial score (nSPS) is 13.3. The summed E-state index contributed by atoms with van der Waals surface area (Å²) >= 11 is 0. The van der Waals surface area contributed by atoms with Crippen LogP contribution in [0.5, 0.6) is 11.5 Å². The molecule has 0 saturated heterocycles. The number of methoxy groups -OCH3 is 1. The maximum absolute atomic E-state index is 13.3. The third-order valence-electron chi connectivity index (χ3n) is 6.92. The molecule has 2 amide bonds. The number of anilines is 3. The number of aromatic nitrogens is 1. The number of hydrogen-bond acceptors (Lipinski definition) is 6. The van der Waals surface area contributed by atoms with Crippen LogP contribution in [-0.2, 0) is 0 Å². The molecule has 0 radical (unpaired) electrons. The second-order valence-corrected chi connectivity index (χ2v) is 9.97. The minimum absolute atomic E-state index is 0.204. The van der Waals surface area contributed by atoms with Crippen molar-refractivity contribution in [3.8, 4) is 11.5 Å². The monoisotopic (exact) mass is 551 g/mol. The van der Waals surface area contributed by atoms with Gasteiger partial charge in [-0.1, -0.05) is 6.58 Å². The van der Waals surface area contributed by atoms with Gasteiger partial charge in [0.2, 0.25) is 5.78 Å². The molecule has 41 heavy (non-hydrogen) atoms. The predicted molar refractivity (Wildman–Crippen MR) is 165 cm³/mol. The number of hydrogen-bond donors (Lipinski definition) is 3. The van der Waals surface area contributed by atoms with Crippen LogP contribution in [0.3, 0.4) is 0 Å². The van der Waals surface area contributed by atoms with Crippen molar-refractivity contribution in [2.45, 2.75) is 6.92 Å². The van der Waals surface area contributed by atoms with Gasteiger partial charge in [0.15, 0.2) is 5.76 Å². The summed E-state index contributed by atoms with van der Waals surface area (Å²) < 4.78 is 13.3. The molecular formula is C32H33N5O4. The van der Waals surface area contributed by atoms with Crippen LogP contribution in [0.1, 0.15) is 21.6 Å². The Morgan fingerprint density at radius 1 is 1.02 bits per heavy atom. The molecule has 0 saturated carbocycles. The summed E-state index contributed by atoms with van der Waals surface area (Å²) in [5.41, 5.74) is 5.18. The molecule has 0 atom stereocenters. The Morgan fingerprint density at radius 3 is 2.44 bits per heavy atom. The van der Waals surface area contributed by atoms with Crippen LogP contribution < -0.4 is 25.4 Å². The number of fused-ring (bicyclic) bond motifs is 2. The number of urea groups is 1. The van der Waals surface area contributed by atoms with E-state index in [1.165, 1.54) is 0 Å². The number of ketones is 1. The molecule has 9 nitrogen and oxygen atoms in total. The number of ether oxygens (including phenoxy) is 2. The molecule has 4 aromatic rings. The summed E-state index contributed by atoms with van der Waals surface area (Å²) in [5, 5.41) is 9.86. The molecule has 3 N–H and O–H groups in total. The highest BCUT2D eigenvalue weighted by molar-refractivity contribution is 6.16. The maximum Gasteiger partial charge on any atom is 0.323 e. The quantitative estimate of drug-likeness (QED) is 0.212. The van der Waals surface area contributed by atoms with Crippen molar-refractivity contribution in [3.05, 3.63) is 89.8 Å². The van der Waals surface area contributed by atoms with E-state index in [1.54, 1.807) is 37.6 Å². The van der Waals surface area contributed by atoms with E-state index < -0.39 is 6.03 Å². The third-order valence-corrected chi connectivity index (χ3v) is 6.92. The SMILES string of the molecule is C=Cn1c(C)c(/C=C2\Oc3ccc(NC(=O)Nc4ccc(NCCN(C)C)cc4)cc3C2=O)c2cc(OC)ccc21. The van der Waals surface area contributed by atoms with Crippen molar-refractivity contribution in [2.75, 3.05) is 50.2 Å². The van der Waals surface area contributed by atoms with Crippen LogP contribution in [0.4, 0.5) is 21.9 Å². The molecule has 0 spiro atoms. The van der Waals surface area contributed by atoms with Gasteiger partial charge in [-0.25, -0.2) is 4.79 Å². The Kier molecular flexibility index (Phi) is 7.80. The van der Waals surface area contributed by atoms with Crippen LogP contribution in [0, 0.1) is 6.92 Å². The van der Waals surface area contributed by atoms with E-state index >= 15 is 0 Å². The Bertz CT molecular complexity index is 1670. The van der Waals surface area contributed by atoms with Gasteiger partial charge >= 0.3 is 6.03 Å². The van der Waals surface area contributed by atoms with E-state index in [0.717, 1.165) is 40.9 Å². The van der Waals surface area contributed by atoms with Crippen LogP contribution in [0.2, 0.25) is 0 Å². The number of carbonyl (C=O) groups is 2. The van der Waals surface area contributed by atoms with Crippen molar-refractivity contribution in [1.29, 1.82) is 0 Å². The molecule has 9 heteroatoms. The lowest BCUT2D eigenvalue weighted by molar-refractivity contribution is 0.101. The first-order valence-corrected chi connectivity index (χ1v) is 13.2. The van der Waals surface area contributed by atoms with Crippen LogP contribution >= 0.6 is 0 Å². The molecule has 0 bridgehead atoms. The number of nitrogens with zero attached hydrogens (tertiary/aromatic N) is 2. The molecule has 0 fully saturated rings. The average Bonchev–Trinajstić information content (AvgIpc) is 3.41. The van der Waals surface area contributed by atoms with Crippen molar-refractivity contribution in [3.63, 3.8) is 0 Å². The van der Waals surface area contributed by atoms with Gasteiger partial charge in [-0.3, -0.25) is 4.79 Å². The minimum atomic E-state index is -0.415. The Labute approximate surface area is 239 Å². The summed E-state index contributed by atoms with van der Waals surface area (Å²) in [6.45, 7) is 7.63. The van der Waals surface area contributed by atoms with Crippen molar-refractivity contribution >= 4 is 52.1 Å². The Balaban J connectivity index is 1.29. The fraction of sp³-hybridized carbons (Fsp3) is 0.188. The highest BCUT2D eigenvalue weighted by atomic mass is 16.5. The third kappa shape index (κ3) is 5.80. The highest BCUT2D eigenvalue weighted by Crippen LogP contribution is 2.37. The standard InChI is InChI=1S/C32H33N5O4/c1-6-37-20(2)25(26-18-24(40-5)12-13-28(26)37)19-30-31(38)27-17-23(11-14-29(27)41-30)35-32(39)34-22-9-7-21(8-10-22)33-15-16-36(3)4/h6-14,17-19,33H,1,15-16H2,2-5H3,(H2,34,35,39)/b30-19-. The minimum Gasteiger partial charge on any atom is -0.497 e. The van der Waals surface area contributed by atoms with E-state index in [1.807, 2.05) is 68.1 Å². The van der Waals surface area contributed by atoms with Gasteiger partial charge in [0, 0.05) is 53.0 Å². The van der Waals surface area contributed by atoms with Gasteiger partial charge < -0.3 is 34.9 Å². The molecule has 0 unspecified atom stereocenters. The molecule has 0 aliphatic carbocycles. The number of Topliss-reactive ketones (excluding diaryl/α,β-unsaturated/α-hetero) is 1. The fourth-order valence-corrected chi connectivity index (χ4v) is 4.78. The lowest BCUT2D eigenvalue weighted by Gasteiger charge is -2.12. The number of benzene rings is 3. The highest BCUT2D eigenvalue weighted by Gasteiger charge is 2.29. The summed E-state index contributed by atoms with van der Waals surface area (Å²) in [6, 6.07) is 17.8. The molecule has 5 rings (SSSR count). The van der Waals surface area contributed by atoms with E-state index in [-0.39, 0.29) is 11.5 Å². The van der Waals surface area contributed by atoms with Crippen molar-refractivity contribution in [2.24, 2.45) is 0 Å². The van der Waals surface area contributed by atoms with Gasteiger partial charge in [-0.2, -0.15) is 0 Å². The smallest absolute Gasteiger partial charge is 0.323 e. The predicted octanol–water partition coefficient (Wildman–Crippen LogP) is 6.29. The summed E-state index contributed by atoms with van der Waals surface area (Å²) in [4.78, 5) is 28.1. The van der Waals surface area contributed by atoms with Crippen LogP contribution in [0.15, 0.2) is 73.0 Å². The Morgan fingerprint density at radius 2 is 1.73 bits per heavy atom. The van der Waals surface area contributed by atoms with Gasteiger partial charge in [0.1, 0.15) is 11.5 Å². The van der Waals surface area contributed by atoms with Gasteiger partial charge in [-0.15, -0.1) is 0 Å². The van der Waals surface area contributed by atoms with Gasteiger partial charge in [0.05, 0.1) is 18.2 Å². The number of rotatable bonds is 9. The zero-order chi connectivity index (χ0) is 29.1. The molecule has 3 aromatic carbocycles. The number of allylic oxidation sites excluding steroid dienone is 1. The Hall–Kier alpha value is -5.02. The van der Waals surface area contributed by atoms with Crippen LogP contribution in [0.25, 0.3) is 23.2 Å². The lowest BCUT2D eigenvalue weighted by Crippen LogP contribution is -2.21. The number of nitrogens with one attached hydrogen (secondary N) is 3. The fourth-order valence-electron chi connectivity index (χ4n) is 4.78. The second-order valence-electron chi connectivity index (χ2n) is 9.97. The molecule has 1 aromatic heterocycles. The first-order valence-electron chi connectivity index (χ1n) is 13.2. The first-order chi connectivity index (χ1) is 19.8. The number of amides is 2. The summed E-state index contributed by atoms with van der Waals surface area (Å²) in [6.07, 6.45) is 3.48. The summed E-state index contributed by atoms with van der Waals surface area (Å²) in [7, 11) is 5.66. The van der Waals surface area contributed by atoms with Crippen molar-refractivity contribution < 1.29 is 19.1 Å². The maximum atomic E-state index is 13.3. The van der Waals surface area contributed by atoms with E-state index in [9.17, 15) is 9.59 Å². The van der Waals surface area contributed by atoms with E-state index in [0.29, 0.717) is 28.4 Å². The number of carbonyl (C=O) groups excluding carboxylic acids is 2. The molecular weight excluding hydrogens is 518 g/mol. The molecule has 2 heterocycles. The molecule has 1 aliphatic heterocycles. The van der Waals surface area contributed by atoms with E-state index in [4.69, 9.17) is 9.47 Å². The largest absolute Gasteiger partial charge is 0.497 e. The average molecular weight is 552 g/mol. The van der Waals surface area contributed by atoms with Gasteiger partial charge in [0.25, 0.3) is 0 Å². The van der Waals surface area contributed by atoms with Crippen molar-refractivity contribution in [1.82, 2.24) is 9.47 Å². The zero-order valence-corrected chi connectivity index (χ0v) is 23.6.